The molecule has 36 nitrogen and oxygen atoms in total. The maximum Gasteiger partial charge on any atom is 0.338 e. The minimum Gasteiger partial charge on any atom is -0.463 e. The molecule has 3 amide bonds. The Kier molecular flexibility index (Phi) is 31.3. The Bertz CT molecular complexity index is 6360. The van der Waals surface area contributed by atoms with E-state index >= 15 is 0 Å². The lowest BCUT2D eigenvalue weighted by molar-refractivity contribution is -0.139. The number of carbonyl (C=O) groups is 6. The SMILES string of the molecule is CCOC(=O)C1=C(CN2CCS(=O)(=O)CC2C(=O)NS(=O)(=O)C2CC2)NC(c2nccs2)=NC1c1ccc(F)cc1Br.CCOC(=O)C1=C(CN2CCS(=O)(=O)CC2C(=O)NS(=O)(=O)c2ccccc2)NC(c2nccs2)=NC1c1ccc(F)cc1Br.CCOC(=O)C1=C(CN2CCS(=O)(=O)CC2C(=O)NS(C)(=O)=O)NC(c2nccs2)=NC1c1ccc(F)cc1Br. The minimum atomic E-state index is -4.31. The number of sulfone groups is 3. The van der Waals surface area contributed by atoms with Gasteiger partial charge in [0.05, 0.1) is 87.5 Å². The third kappa shape index (κ3) is 24.6. The highest BCUT2D eigenvalue weighted by Gasteiger charge is 2.47. The monoisotopic (exact) mass is 2120 g/mol. The van der Waals surface area contributed by atoms with Gasteiger partial charge in [-0.25, -0.2) is 97.7 Å². The van der Waals surface area contributed by atoms with E-state index in [0.717, 1.165) is 6.26 Å². The molecule has 127 heavy (non-hydrogen) atoms. The highest BCUT2D eigenvalue weighted by atomic mass is 79.9. The summed E-state index contributed by atoms with van der Waals surface area (Å²) >= 11 is 13.9. The van der Waals surface area contributed by atoms with Crippen LogP contribution < -0.4 is 30.1 Å². The molecule has 3 saturated heterocycles. The van der Waals surface area contributed by atoms with E-state index in [0.29, 0.717) is 69.6 Å². The number of sulfonamides is 3. The van der Waals surface area contributed by atoms with Crippen LogP contribution in [-0.2, 0) is 103 Å². The number of rotatable bonds is 26. The molecule has 6 N–H and O–H groups in total. The van der Waals surface area contributed by atoms with Crippen LogP contribution in [0.15, 0.2) is 187 Å². The van der Waals surface area contributed by atoms with Crippen LogP contribution in [0.5, 0.6) is 0 Å². The number of thiazole rings is 3. The number of hydrogen-bond donors (Lipinski definition) is 6. The molecule has 51 heteroatoms. The maximum atomic E-state index is 14.1. The summed E-state index contributed by atoms with van der Waals surface area (Å²) in [5, 5.41) is 15.3. The molecule has 4 fully saturated rings. The summed E-state index contributed by atoms with van der Waals surface area (Å²) in [6.45, 7) is 4.16. The summed E-state index contributed by atoms with van der Waals surface area (Å²) in [4.78, 5) is 111. The molecule has 1 saturated carbocycles. The Labute approximate surface area is 765 Å². The number of esters is 3. The average molecular weight is 2120 g/mol. The van der Waals surface area contributed by atoms with Gasteiger partial charge in [-0.15, -0.1) is 34.0 Å². The molecule has 3 aromatic heterocycles. The predicted molar refractivity (Wildman–Crippen MR) is 474 cm³/mol. The number of carbonyl (C=O) groups excluding carboxylic acids is 6. The van der Waals surface area contributed by atoms with E-state index in [2.05, 4.69) is 83.4 Å². The summed E-state index contributed by atoms with van der Waals surface area (Å²) < 4.78 is 215. The summed E-state index contributed by atoms with van der Waals surface area (Å²) in [6.07, 6.45) is 6.35. The van der Waals surface area contributed by atoms with Gasteiger partial charge in [0, 0.05) is 105 Å². The van der Waals surface area contributed by atoms with Crippen LogP contribution in [0.3, 0.4) is 0 Å². The first-order chi connectivity index (χ1) is 60.0. The van der Waals surface area contributed by atoms with Gasteiger partial charge in [0.1, 0.15) is 53.7 Å². The van der Waals surface area contributed by atoms with Crippen LogP contribution >= 0.6 is 81.8 Å². The van der Waals surface area contributed by atoms with Gasteiger partial charge in [-0.3, -0.25) is 53.5 Å². The molecule has 0 spiro atoms. The number of benzene rings is 4. The van der Waals surface area contributed by atoms with Crippen molar-refractivity contribution in [3.8, 4) is 0 Å². The van der Waals surface area contributed by atoms with E-state index in [-0.39, 0.29) is 121 Å². The Morgan fingerprint density at radius 3 is 1.07 bits per heavy atom. The molecule has 680 valence electrons. The predicted octanol–water partition coefficient (Wildman–Crippen LogP) is 5.35. The number of aromatic nitrogens is 3. The standard InChI is InChI=1S/C28H27BrFN5O7S3.C25H27BrFN5O7S3.C23H25BrFN5O7S3/c1-2-42-28(37)23-21(32-25(27-31-10-12-43-27)33-24(23)19-9-8-17(30)14-20(19)29)15-35-11-13-44(38,39)16-22(35)26(36)34-45(40,41)18-6-4-3-5-7-18;1-2-39-25(34)20-18(12-32-8-10-41(35,36)13-19(32)23(33)31-42(37,38)15-4-5-15)29-22(24-28-7-9-40-24)30-21(20)16-6-3-14(27)11-17(16)26;1-3-37-23(32)18-16(11-30-7-9-40(35,36)12-17(30)21(31)29-39(2,33)34)27-20(22-26-6-8-38-22)28-19(18)14-5-4-13(25)10-15(14)24/h3-10,12,14,22,24H,2,11,13,15-16H2,1H3,(H,32,33)(H,34,36);3,6-7,9,11,15,19,21H,2,4-5,8,10,12-13H2,1H3,(H,29,30)(H,31,33);4-6,8,10,17,19H,3,7,9,11-12H2,1-2H3,(H,27,28)(H,29,31). The highest BCUT2D eigenvalue weighted by Crippen LogP contribution is 2.42. The Hall–Kier alpha value is -8.97. The molecular formula is C76H79Br3F3N15O21S9. The second-order valence-corrected chi connectivity index (χ2v) is 46.2. The summed E-state index contributed by atoms with van der Waals surface area (Å²) in [5.41, 5.74) is 2.27. The third-order valence-corrected chi connectivity index (χ3v) is 33.0. The van der Waals surface area contributed by atoms with E-state index in [1.54, 1.807) is 61.6 Å². The van der Waals surface area contributed by atoms with Crippen LogP contribution in [0.25, 0.3) is 0 Å². The van der Waals surface area contributed by atoms with E-state index in [9.17, 15) is 92.4 Å². The van der Waals surface area contributed by atoms with E-state index in [1.807, 2.05) is 9.44 Å². The van der Waals surface area contributed by atoms with Gasteiger partial charge in [0.2, 0.25) is 20.0 Å². The second-order valence-electron chi connectivity index (χ2n) is 28.9. The zero-order chi connectivity index (χ0) is 91.8. The Morgan fingerprint density at radius 2 is 0.787 bits per heavy atom. The van der Waals surface area contributed by atoms with Gasteiger partial charge in [-0.1, -0.05) is 84.2 Å². The Morgan fingerprint density at radius 1 is 0.472 bits per heavy atom. The number of nitrogens with zero attached hydrogens (tertiary/aromatic N) is 9. The highest BCUT2D eigenvalue weighted by molar-refractivity contribution is 9.11. The normalized spacial score (nSPS) is 21.4. The van der Waals surface area contributed by atoms with Gasteiger partial charge < -0.3 is 30.2 Å². The van der Waals surface area contributed by atoms with Crippen molar-refractivity contribution in [2.75, 3.05) is 99.9 Å². The Balaban J connectivity index is 0.000000173. The first-order valence-corrected chi connectivity index (χ1v) is 53.8. The summed E-state index contributed by atoms with van der Waals surface area (Å²) in [5.74, 6) is -8.54. The van der Waals surface area contributed by atoms with Crippen molar-refractivity contribution in [1.82, 2.24) is 59.8 Å². The lowest BCUT2D eigenvalue weighted by Crippen LogP contribution is -2.58. The molecule has 14 rings (SSSR count). The maximum absolute atomic E-state index is 14.1. The van der Waals surface area contributed by atoms with Gasteiger partial charge in [0.25, 0.3) is 27.7 Å². The molecule has 6 atom stereocenters. The van der Waals surface area contributed by atoms with Crippen molar-refractivity contribution in [2.24, 2.45) is 15.0 Å². The fourth-order valence-electron chi connectivity index (χ4n) is 13.9. The number of nitrogens with one attached hydrogen (secondary N) is 6. The van der Waals surface area contributed by atoms with E-state index < -0.39 is 171 Å². The van der Waals surface area contributed by atoms with Crippen molar-refractivity contribution in [2.45, 2.75) is 80.0 Å². The number of amides is 3. The first-order valence-electron chi connectivity index (χ1n) is 38.4. The zero-order valence-electron chi connectivity index (χ0n) is 67.1. The molecule has 9 heterocycles. The van der Waals surface area contributed by atoms with E-state index in [1.165, 1.54) is 128 Å². The molecule has 6 aliphatic heterocycles. The molecule has 1 aliphatic carbocycles. The largest absolute Gasteiger partial charge is 0.463 e. The van der Waals surface area contributed by atoms with Crippen molar-refractivity contribution in [1.29, 1.82) is 0 Å². The molecule has 4 aromatic carbocycles. The van der Waals surface area contributed by atoms with Crippen molar-refractivity contribution in [3.05, 3.63) is 216 Å². The molecule has 0 radical (unpaired) electrons. The second kappa shape index (κ2) is 41.0. The van der Waals surface area contributed by atoms with Crippen LogP contribution in [0.2, 0.25) is 0 Å². The van der Waals surface area contributed by atoms with Crippen molar-refractivity contribution >= 4 is 195 Å². The lowest BCUT2D eigenvalue weighted by Gasteiger charge is -2.36. The van der Waals surface area contributed by atoms with Gasteiger partial charge >= 0.3 is 17.9 Å². The summed E-state index contributed by atoms with van der Waals surface area (Å²) in [7, 11) is -23.3. The molecule has 7 aliphatic rings. The fraction of sp³-hybridized carbons (Fsp3) is 0.368. The van der Waals surface area contributed by atoms with Crippen molar-refractivity contribution < 1.29 is 107 Å². The molecule has 7 aromatic rings. The average Bonchev–Trinajstić information content (AvgIpc) is 1.68. The number of aliphatic imine (C=N–C) groups is 3. The number of amidine groups is 3. The topological polar surface area (TPSA) is 493 Å². The van der Waals surface area contributed by atoms with Crippen molar-refractivity contribution in [3.63, 3.8) is 0 Å². The van der Waals surface area contributed by atoms with Crippen LogP contribution in [0.4, 0.5) is 13.2 Å². The van der Waals surface area contributed by atoms with Gasteiger partial charge in [-0.05, 0) is 98.8 Å². The molecule has 6 unspecified atom stereocenters. The number of ether oxygens (including phenoxy) is 3. The zero-order valence-corrected chi connectivity index (χ0v) is 79.3. The third-order valence-electron chi connectivity index (χ3n) is 19.9. The lowest BCUT2D eigenvalue weighted by atomic mass is 9.95. The van der Waals surface area contributed by atoms with Gasteiger partial charge in [-0.2, -0.15) is 0 Å². The van der Waals surface area contributed by atoms with Crippen LogP contribution in [0, 0.1) is 17.5 Å². The minimum absolute atomic E-state index is 0.0281. The summed E-state index contributed by atoms with van der Waals surface area (Å²) in [6, 6.07) is 12.0. The van der Waals surface area contributed by atoms with E-state index in [4.69, 9.17) is 29.2 Å². The van der Waals surface area contributed by atoms with Gasteiger partial charge in [0.15, 0.2) is 62.0 Å². The quantitative estimate of drug-likeness (QED) is 0.0294. The van der Waals surface area contributed by atoms with Crippen LogP contribution in [0.1, 0.15) is 83.5 Å². The number of halogens is 6. The first kappa shape index (κ1) is 97.1. The smallest absolute Gasteiger partial charge is 0.338 e. The fourth-order valence-corrected chi connectivity index (χ4v) is 24.8. The number of hydrogen-bond acceptors (Lipinski definition) is 36. The van der Waals surface area contributed by atoms with Crippen LogP contribution in [-0.4, -0.2) is 257 Å². The molecule has 0 bridgehead atoms. The molecular weight excluding hydrogens is 2040 g/mol.